The molecule has 0 aromatic carbocycles. The summed E-state index contributed by atoms with van der Waals surface area (Å²) in [5, 5.41) is 0. The lowest BCUT2D eigenvalue weighted by atomic mass is 10.1. The van der Waals surface area contributed by atoms with Crippen molar-refractivity contribution in [1.29, 1.82) is 0 Å². The summed E-state index contributed by atoms with van der Waals surface area (Å²) in [7, 11) is 2.20. The minimum atomic E-state index is -5.29. The van der Waals surface area contributed by atoms with Crippen LogP contribution in [0.3, 0.4) is 0 Å². The Bertz CT molecular complexity index is 187. The minimum absolute atomic E-state index is 0. The summed E-state index contributed by atoms with van der Waals surface area (Å²) < 4.78 is 71.5. The molecule has 0 fully saturated rings. The van der Waals surface area contributed by atoms with E-state index in [9.17, 15) is 26.3 Å². The molecule has 0 aliphatic carbocycles. The average molecular weight is 244 g/mol. The van der Waals surface area contributed by atoms with Crippen LogP contribution in [0.2, 0.25) is 0 Å². The lowest BCUT2D eigenvalue weighted by Crippen LogP contribution is -3.00. The fraction of sp³-hybridized carbons (Fsp3) is 0.833. The molecule has 0 radical (unpaired) electrons. The Morgan fingerprint density at radius 1 is 0.929 bits per heavy atom. The van der Waals surface area contributed by atoms with Gasteiger partial charge >= 0.3 is 12.4 Å². The number of alkyl halides is 6. The molecule has 0 aromatic heterocycles. The molecule has 0 rings (SSSR count). The van der Waals surface area contributed by atoms with E-state index in [2.05, 4.69) is 0 Å². The Kier molecular flexibility index (Phi) is 5.55. The molecule has 0 aromatic rings. The van der Waals surface area contributed by atoms with Gasteiger partial charge in [0.25, 0.3) is 0 Å². The van der Waals surface area contributed by atoms with Crippen molar-refractivity contribution in [2.24, 2.45) is 5.92 Å². The molecule has 0 unspecified atom stereocenters. The summed E-state index contributed by atoms with van der Waals surface area (Å²) in [6, 6.07) is 0. The topological polar surface area (TPSA) is 3.01 Å². The highest BCUT2D eigenvalue weighted by molar-refractivity contribution is 5.57. The van der Waals surface area contributed by atoms with Gasteiger partial charge in [-0.05, 0) is 0 Å². The molecule has 0 N–H and O–H groups in total. The highest BCUT2D eigenvalue weighted by Gasteiger charge is 2.57. The molecule has 0 saturated carbocycles. The third kappa shape index (κ3) is 5.31. The first-order valence-corrected chi connectivity index (χ1v) is 3.20. The summed E-state index contributed by atoms with van der Waals surface area (Å²) >= 11 is 0. The van der Waals surface area contributed by atoms with Gasteiger partial charge in [-0.3, -0.25) is 0 Å². The van der Waals surface area contributed by atoms with Gasteiger partial charge in [0.1, 0.15) is 14.1 Å². The van der Waals surface area contributed by atoms with Crippen LogP contribution in [0.15, 0.2) is 0 Å². The maximum atomic E-state index is 11.8. The average Bonchev–Trinajstić information content (AvgIpc) is 1.77. The quantitative estimate of drug-likeness (QED) is 0.318. The van der Waals surface area contributed by atoms with Crippen molar-refractivity contribution in [3.8, 4) is 0 Å². The van der Waals surface area contributed by atoms with Gasteiger partial charge < -0.3 is 12.4 Å². The van der Waals surface area contributed by atoms with Crippen molar-refractivity contribution in [3.05, 3.63) is 0 Å². The van der Waals surface area contributed by atoms with Crippen LogP contribution in [0.5, 0.6) is 0 Å². The van der Waals surface area contributed by atoms with E-state index >= 15 is 0 Å². The Morgan fingerprint density at radius 3 is 1.29 bits per heavy atom. The molecule has 86 valence electrons. The molecule has 0 spiro atoms. The molecule has 0 heterocycles. The third-order valence-corrected chi connectivity index (χ3v) is 1.15. The van der Waals surface area contributed by atoms with Crippen LogP contribution in [0.1, 0.15) is 0 Å². The lowest BCUT2D eigenvalue weighted by molar-refractivity contribution is -0.466. The monoisotopic (exact) mass is 243 g/mol. The van der Waals surface area contributed by atoms with Crippen molar-refractivity contribution in [2.75, 3.05) is 14.1 Å². The first-order valence-electron chi connectivity index (χ1n) is 3.20. The van der Waals surface area contributed by atoms with Crippen molar-refractivity contribution >= 4 is 6.21 Å². The lowest BCUT2D eigenvalue weighted by Gasteiger charge is -2.17. The van der Waals surface area contributed by atoms with Crippen LogP contribution < -0.4 is 12.4 Å². The highest BCUT2D eigenvalue weighted by Crippen LogP contribution is 2.37. The van der Waals surface area contributed by atoms with E-state index in [0.29, 0.717) is 0 Å². The first-order chi connectivity index (χ1) is 5.55. The van der Waals surface area contributed by atoms with Gasteiger partial charge in [0.2, 0.25) is 5.92 Å². The van der Waals surface area contributed by atoms with Crippen LogP contribution in [0, 0.1) is 5.92 Å². The summed E-state index contributed by atoms with van der Waals surface area (Å²) in [4.78, 5) is 0. The van der Waals surface area contributed by atoms with Gasteiger partial charge in [0.05, 0.1) is 0 Å². The molecular formula is C6H8ClF6N. The summed E-state index contributed by atoms with van der Waals surface area (Å²) in [5.41, 5.74) is 0. The predicted octanol–water partition coefficient (Wildman–Crippen LogP) is -0.926. The minimum Gasteiger partial charge on any atom is -1.00 e. The fourth-order valence-corrected chi connectivity index (χ4v) is 0.653. The summed E-state index contributed by atoms with van der Waals surface area (Å²) in [6.07, 6.45) is -10.5. The summed E-state index contributed by atoms with van der Waals surface area (Å²) in [6.45, 7) is 0. The van der Waals surface area contributed by atoms with E-state index in [-0.39, 0.29) is 18.6 Å². The van der Waals surface area contributed by atoms with Crippen molar-refractivity contribution < 1.29 is 43.3 Å². The first kappa shape index (κ1) is 16.0. The zero-order valence-corrected chi connectivity index (χ0v) is 8.00. The van der Waals surface area contributed by atoms with Gasteiger partial charge in [0, 0.05) is 0 Å². The van der Waals surface area contributed by atoms with Crippen molar-refractivity contribution in [1.82, 2.24) is 0 Å². The van der Waals surface area contributed by atoms with E-state index in [4.69, 9.17) is 0 Å². The van der Waals surface area contributed by atoms with Crippen molar-refractivity contribution in [2.45, 2.75) is 12.4 Å². The molecule has 0 amide bonds. The van der Waals surface area contributed by atoms with Gasteiger partial charge in [-0.1, -0.05) is 0 Å². The van der Waals surface area contributed by atoms with Gasteiger partial charge in [-0.25, -0.2) is 4.58 Å². The van der Waals surface area contributed by atoms with E-state index in [0.717, 1.165) is 18.7 Å². The molecule has 14 heavy (non-hydrogen) atoms. The second kappa shape index (κ2) is 4.86. The molecule has 0 saturated heterocycles. The third-order valence-electron chi connectivity index (χ3n) is 1.15. The smallest absolute Gasteiger partial charge is 0.409 e. The molecule has 0 bridgehead atoms. The molecular weight excluding hydrogens is 236 g/mol. The molecule has 0 aliphatic rings. The zero-order valence-electron chi connectivity index (χ0n) is 7.25. The maximum Gasteiger partial charge on any atom is 0.409 e. The largest absolute Gasteiger partial charge is 1.00 e. The van der Waals surface area contributed by atoms with Crippen LogP contribution in [-0.2, 0) is 0 Å². The zero-order chi connectivity index (χ0) is 10.9. The number of hydrogen-bond donors (Lipinski definition) is 0. The number of halogens is 7. The molecule has 0 atom stereocenters. The van der Waals surface area contributed by atoms with E-state index < -0.39 is 18.3 Å². The summed E-state index contributed by atoms with van der Waals surface area (Å²) in [5.74, 6) is -3.39. The van der Waals surface area contributed by atoms with Gasteiger partial charge in [0.15, 0.2) is 6.21 Å². The second-order valence-corrected chi connectivity index (χ2v) is 2.67. The van der Waals surface area contributed by atoms with Crippen molar-refractivity contribution in [3.63, 3.8) is 0 Å². The maximum absolute atomic E-state index is 11.8. The Labute approximate surface area is 82.8 Å². The Hall–Kier alpha value is -0.460. The Morgan fingerprint density at radius 2 is 1.21 bits per heavy atom. The van der Waals surface area contributed by atoms with Crippen LogP contribution in [-0.4, -0.2) is 37.2 Å². The SMILES string of the molecule is C[N+](C)=CC(C(F)(F)F)C(F)(F)F.[Cl-]. The van der Waals surface area contributed by atoms with E-state index in [1.54, 1.807) is 0 Å². The molecule has 8 heteroatoms. The van der Waals surface area contributed by atoms with Crippen LogP contribution in [0.25, 0.3) is 0 Å². The number of nitrogens with zero attached hydrogens (tertiary/aromatic N) is 1. The van der Waals surface area contributed by atoms with E-state index in [1.807, 2.05) is 0 Å². The number of rotatable bonds is 1. The molecule has 0 aliphatic heterocycles. The van der Waals surface area contributed by atoms with Crippen LogP contribution in [0.4, 0.5) is 26.3 Å². The number of hydrogen-bond acceptors (Lipinski definition) is 0. The standard InChI is InChI=1S/C6H8F6N.ClH/c1-13(2)3-4(5(7,8)9)6(10,11)12;/h3-4H,1-2H3;1H/q+1;/p-1. The highest BCUT2D eigenvalue weighted by atomic mass is 35.5. The van der Waals surface area contributed by atoms with Gasteiger partial charge in [-0.2, -0.15) is 26.3 Å². The van der Waals surface area contributed by atoms with E-state index in [1.165, 1.54) is 0 Å². The van der Waals surface area contributed by atoms with Crippen LogP contribution >= 0.6 is 0 Å². The normalized spacial score (nSPS) is 12.4. The Balaban J connectivity index is 0. The fourth-order valence-electron chi connectivity index (χ4n) is 0.653. The molecule has 1 nitrogen and oxygen atoms in total. The van der Waals surface area contributed by atoms with Gasteiger partial charge in [-0.15, -0.1) is 0 Å². The second-order valence-electron chi connectivity index (χ2n) is 2.67. The predicted molar refractivity (Wildman–Crippen MR) is 33.8 cm³/mol.